The molecule has 0 saturated carbocycles. The van der Waals surface area contributed by atoms with Gasteiger partial charge in [0.25, 0.3) is 17.7 Å². The van der Waals surface area contributed by atoms with E-state index in [0.717, 1.165) is 11.3 Å². The van der Waals surface area contributed by atoms with E-state index in [0.29, 0.717) is 13.1 Å². The molecule has 0 bridgehead atoms. The Morgan fingerprint density at radius 3 is 2.46 bits per heavy atom. The molecular weight excluding hydrogens is 521 g/mol. The third-order valence-corrected chi connectivity index (χ3v) is 6.16. The molecule has 190 valence electrons. The molecule has 0 aliphatic carbocycles. The number of carbonyl (C=O) groups is 4. The minimum atomic E-state index is -5.01. The molecule has 35 heavy (non-hydrogen) atoms. The molecule has 6 N–H and O–H groups in total. The van der Waals surface area contributed by atoms with Gasteiger partial charge in [-0.05, 0) is 13.8 Å². The quantitative estimate of drug-likeness (QED) is 0.0731. The standard InChI is InChI=1S/C16H23N7O9S2.Na.H/c1-3-22(4-2)10(24)6-32-21-11(8-7-33-15(17)19-8)13(25)20-12-9(5-31-16(18)27)23(14(12)26)34(28,29)30;;/h7,9,12H,3-6H2,1-2H3,(H2,17,19)(H2,18,27)(H,20,25)(H,28,29,30);;/t9-,12+;;/m1../s1. The number of nitrogens with two attached hydrogens (primary N) is 2. The molecule has 0 spiro atoms. The predicted octanol–water partition coefficient (Wildman–Crippen LogP) is -2.74. The fourth-order valence-electron chi connectivity index (χ4n) is 2.92. The van der Waals surface area contributed by atoms with Crippen LogP contribution < -0.4 is 16.8 Å². The molecule has 1 aliphatic rings. The zero-order valence-electron chi connectivity index (χ0n) is 18.0. The summed E-state index contributed by atoms with van der Waals surface area (Å²) < 4.78 is 36.7. The van der Waals surface area contributed by atoms with E-state index in [1.54, 1.807) is 13.8 Å². The van der Waals surface area contributed by atoms with E-state index >= 15 is 0 Å². The number of oxime groups is 1. The van der Waals surface area contributed by atoms with Crippen molar-refractivity contribution in [3.8, 4) is 0 Å². The van der Waals surface area contributed by atoms with Crippen LogP contribution in [0.3, 0.4) is 0 Å². The van der Waals surface area contributed by atoms with Crippen LogP contribution in [0.15, 0.2) is 10.5 Å². The molecule has 1 aromatic heterocycles. The summed E-state index contributed by atoms with van der Waals surface area (Å²) in [4.78, 5) is 58.5. The zero-order chi connectivity index (χ0) is 25.6. The maximum atomic E-state index is 12.9. The van der Waals surface area contributed by atoms with Gasteiger partial charge in [-0.15, -0.1) is 11.3 Å². The van der Waals surface area contributed by atoms with Crippen LogP contribution >= 0.6 is 11.3 Å². The fourth-order valence-corrected chi connectivity index (χ4v) is 4.34. The molecule has 1 aromatic rings. The van der Waals surface area contributed by atoms with Crippen molar-refractivity contribution in [3.05, 3.63) is 11.1 Å². The second kappa shape index (κ2) is 13.0. The predicted molar refractivity (Wildman–Crippen MR) is 124 cm³/mol. The van der Waals surface area contributed by atoms with Gasteiger partial charge in [-0.25, -0.2) is 14.1 Å². The van der Waals surface area contributed by atoms with E-state index < -0.39 is 65.1 Å². The second-order valence-corrected chi connectivity index (χ2v) is 8.79. The topological polar surface area (TPSA) is 237 Å². The number of rotatable bonds is 11. The maximum absolute atomic E-state index is 12.9. The van der Waals surface area contributed by atoms with Gasteiger partial charge in [-0.3, -0.25) is 18.9 Å². The first-order chi connectivity index (χ1) is 15.9. The Morgan fingerprint density at radius 2 is 1.97 bits per heavy atom. The fraction of sp³-hybridized carbons (Fsp3) is 0.500. The molecule has 1 aliphatic heterocycles. The van der Waals surface area contributed by atoms with Gasteiger partial charge in [0.05, 0.1) is 0 Å². The molecule has 0 aromatic carbocycles. The van der Waals surface area contributed by atoms with Crippen LogP contribution in [0, 0.1) is 0 Å². The Labute approximate surface area is 226 Å². The van der Waals surface area contributed by atoms with Gasteiger partial charge in [0, 0.05) is 18.5 Å². The summed E-state index contributed by atoms with van der Waals surface area (Å²) in [5, 5.41) is 7.31. The van der Waals surface area contributed by atoms with Crippen LogP contribution in [-0.4, -0.2) is 125 Å². The van der Waals surface area contributed by atoms with Gasteiger partial charge < -0.3 is 31.3 Å². The molecule has 2 rings (SSSR count). The van der Waals surface area contributed by atoms with Crippen LogP contribution in [-0.2, 0) is 34.3 Å². The number of nitrogens with zero attached hydrogens (tertiary/aromatic N) is 4. The first-order valence-electron chi connectivity index (χ1n) is 9.63. The van der Waals surface area contributed by atoms with Crippen molar-refractivity contribution in [1.82, 2.24) is 19.5 Å². The monoisotopic (exact) mass is 545 g/mol. The molecule has 16 nitrogen and oxygen atoms in total. The number of nitrogen functional groups attached to an aromatic ring is 1. The SMILES string of the molecule is CCN(CC)C(=O)CON=C(C(=O)N[C@@H]1C(=O)N(S(=O)(=O)O)[C@@H]1COC(N)=O)c1csc(N)n1.[NaH]. The molecule has 19 heteroatoms. The molecule has 2 atom stereocenters. The Hall–Kier alpha value is -2.51. The number of thiazole rings is 1. The normalized spacial score (nSPS) is 17.6. The number of amides is 4. The summed E-state index contributed by atoms with van der Waals surface area (Å²) in [5.74, 6) is -2.64. The number of anilines is 1. The number of nitrogens with one attached hydrogen (secondary N) is 1. The molecule has 1 fully saturated rings. The first-order valence-corrected chi connectivity index (χ1v) is 11.9. The van der Waals surface area contributed by atoms with Crippen LogP contribution in [0.4, 0.5) is 9.93 Å². The van der Waals surface area contributed by atoms with Crippen molar-refractivity contribution in [2.75, 3.05) is 32.0 Å². The summed E-state index contributed by atoms with van der Waals surface area (Å²) >= 11 is 0.973. The Balaban J connectivity index is 0.00000612. The van der Waals surface area contributed by atoms with Gasteiger partial charge in [-0.1, -0.05) is 5.16 Å². The molecular formula is C16H24N7NaO9S2. The van der Waals surface area contributed by atoms with Crippen molar-refractivity contribution in [2.24, 2.45) is 10.9 Å². The number of aromatic nitrogens is 1. The van der Waals surface area contributed by atoms with Crippen LogP contribution in [0.2, 0.25) is 0 Å². The summed E-state index contributed by atoms with van der Waals surface area (Å²) in [6, 6.07) is -3.02. The van der Waals surface area contributed by atoms with Crippen molar-refractivity contribution in [1.29, 1.82) is 0 Å². The Morgan fingerprint density at radius 1 is 1.34 bits per heavy atom. The third-order valence-electron chi connectivity index (χ3n) is 4.54. The van der Waals surface area contributed by atoms with Gasteiger partial charge in [0.2, 0.25) is 0 Å². The molecule has 2 heterocycles. The average molecular weight is 546 g/mol. The number of carbonyl (C=O) groups excluding carboxylic acids is 4. The second-order valence-electron chi connectivity index (χ2n) is 6.61. The number of ether oxygens (including phenoxy) is 1. The molecule has 0 unspecified atom stereocenters. The molecule has 1 saturated heterocycles. The van der Waals surface area contributed by atoms with Gasteiger partial charge >= 0.3 is 46.0 Å². The van der Waals surface area contributed by atoms with E-state index in [9.17, 15) is 32.1 Å². The molecule has 4 amide bonds. The van der Waals surface area contributed by atoms with E-state index in [1.165, 1.54) is 10.3 Å². The van der Waals surface area contributed by atoms with Crippen molar-refractivity contribution >= 4 is 85.9 Å². The van der Waals surface area contributed by atoms with E-state index in [1.807, 2.05) is 0 Å². The number of hydrogen-bond donors (Lipinski definition) is 4. The summed E-state index contributed by atoms with van der Waals surface area (Å²) in [7, 11) is -5.01. The third kappa shape index (κ3) is 7.74. The Bertz CT molecular complexity index is 1090. The van der Waals surface area contributed by atoms with Crippen LogP contribution in [0.25, 0.3) is 0 Å². The van der Waals surface area contributed by atoms with E-state index in [2.05, 4.69) is 20.2 Å². The molecule has 0 radical (unpaired) electrons. The number of likely N-dealkylation sites (N-methyl/N-ethyl adjacent to an activating group) is 1. The first kappa shape index (κ1) is 30.5. The average Bonchev–Trinajstić information content (AvgIpc) is 3.17. The van der Waals surface area contributed by atoms with E-state index in [4.69, 9.17) is 16.3 Å². The number of primary amides is 1. The minimum absolute atomic E-state index is 0. The summed E-state index contributed by atoms with van der Waals surface area (Å²) in [6.45, 7) is 3.17. The van der Waals surface area contributed by atoms with Gasteiger partial charge in [0.15, 0.2) is 17.5 Å². The van der Waals surface area contributed by atoms with Gasteiger partial charge in [0.1, 0.15) is 24.4 Å². The van der Waals surface area contributed by atoms with Crippen molar-refractivity contribution < 1.29 is 41.7 Å². The van der Waals surface area contributed by atoms with E-state index in [-0.39, 0.29) is 44.7 Å². The van der Waals surface area contributed by atoms with Gasteiger partial charge in [-0.2, -0.15) is 8.42 Å². The summed E-state index contributed by atoms with van der Waals surface area (Å²) in [5.41, 5.74) is 9.93. The summed E-state index contributed by atoms with van der Waals surface area (Å²) in [6.07, 6.45) is -1.27. The Kier molecular flexibility index (Phi) is 11.3. The number of β-lactam (4-membered cyclic amide) rings is 1. The number of hydrogen-bond acceptors (Lipinski definition) is 12. The van der Waals surface area contributed by atoms with Crippen LogP contribution in [0.5, 0.6) is 0 Å². The van der Waals surface area contributed by atoms with Crippen molar-refractivity contribution in [2.45, 2.75) is 25.9 Å². The van der Waals surface area contributed by atoms with Crippen LogP contribution in [0.1, 0.15) is 19.5 Å². The zero-order valence-corrected chi connectivity index (χ0v) is 19.7. The van der Waals surface area contributed by atoms with Crippen molar-refractivity contribution in [3.63, 3.8) is 0 Å².